The summed E-state index contributed by atoms with van der Waals surface area (Å²) in [6.07, 6.45) is 6.60. The molecule has 1 aromatic heterocycles. The first-order chi connectivity index (χ1) is 12.2. The first-order valence-electron chi connectivity index (χ1n) is 9.63. The Bertz CT molecular complexity index is 727. The van der Waals surface area contributed by atoms with Gasteiger partial charge in [0, 0.05) is 25.2 Å². The second-order valence-electron chi connectivity index (χ2n) is 7.52. The normalized spacial score (nSPS) is 26.0. The molecule has 0 spiro atoms. The van der Waals surface area contributed by atoms with Crippen LogP contribution in [0.4, 0.5) is 5.82 Å². The summed E-state index contributed by atoms with van der Waals surface area (Å²) in [5, 5.41) is 13.9. The summed E-state index contributed by atoms with van der Waals surface area (Å²) in [4.78, 5) is 11.9. The first-order valence-corrected chi connectivity index (χ1v) is 9.63. The zero-order chi connectivity index (χ0) is 17.2. The fourth-order valence-electron chi connectivity index (χ4n) is 4.31. The summed E-state index contributed by atoms with van der Waals surface area (Å²) < 4.78 is 0. The summed E-state index contributed by atoms with van der Waals surface area (Å²) in [6.45, 7) is 4.13. The summed E-state index contributed by atoms with van der Waals surface area (Å²) in [5.74, 6) is 0.912. The number of aryl methyl sites for hydroxylation is 1. The molecule has 5 heteroatoms. The summed E-state index contributed by atoms with van der Waals surface area (Å²) in [7, 11) is 0. The van der Waals surface area contributed by atoms with Gasteiger partial charge in [-0.15, -0.1) is 0 Å². The van der Waals surface area contributed by atoms with E-state index in [0.29, 0.717) is 12.1 Å². The van der Waals surface area contributed by atoms with E-state index in [-0.39, 0.29) is 6.10 Å². The second-order valence-corrected chi connectivity index (χ2v) is 7.52. The van der Waals surface area contributed by atoms with Crippen molar-refractivity contribution in [3.05, 3.63) is 30.0 Å². The molecule has 2 atom stereocenters. The predicted molar refractivity (Wildman–Crippen MR) is 101 cm³/mol. The van der Waals surface area contributed by atoms with Crippen LogP contribution in [0.25, 0.3) is 11.0 Å². The number of aromatic nitrogens is 2. The van der Waals surface area contributed by atoms with Crippen LogP contribution in [0.2, 0.25) is 0 Å². The highest BCUT2D eigenvalue weighted by Gasteiger charge is 2.31. The quantitative estimate of drug-likeness (QED) is 0.899. The largest absolute Gasteiger partial charge is 0.391 e. The van der Waals surface area contributed by atoms with E-state index in [4.69, 9.17) is 4.98 Å². The van der Waals surface area contributed by atoms with Crippen LogP contribution in [0.1, 0.15) is 44.2 Å². The van der Waals surface area contributed by atoms with Crippen molar-refractivity contribution < 1.29 is 5.11 Å². The van der Waals surface area contributed by atoms with Gasteiger partial charge in [0.25, 0.3) is 0 Å². The molecule has 2 aromatic rings. The molecule has 1 saturated heterocycles. The van der Waals surface area contributed by atoms with E-state index in [1.807, 2.05) is 31.2 Å². The molecular weight excluding hydrogens is 312 g/mol. The average Bonchev–Trinajstić information content (AvgIpc) is 2.63. The lowest BCUT2D eigenvalue weighted by molar-refractivity contribution is 0.00992. The second kappa shape index (κ2) is 7.26. The van der Waals surface area contributed by atoms with Gasteiger partial charge < -0.3 is 10.4 Å². The van der Waals surface area contributed by atoms with Gasteiger partial charge in [-0.1, -0.05) is 25.0 Å². The number of aliphatic hydroxyl groups is 1. The zero-order valence-electron chi connectivity index (χ0n) is 15.0. The van der Waals surface area contributed by atoms with Gasteiger partial charge in [0.15, 0.2) is 0 Å². The number of nitrogens with one attached hydrogen (secondary N) is 1. The van der Waals surface area contributed by atoms with Crippen LogP contribution in [0, 0.1) is 6.92 Å². The number of anilines is 1. The minimum Gasteiger partial charge on any atom is -0.391 e. The molecule has 5 nitrogen and oxygen atoms in total. The molecule has 25 heavy (non-hydrogen) atoms. The lowest BCUT2D eigenvalue weighted by Gasteiger charge is -2.41. The van der Waals surface area contributed by atoms with E-state index in [0.717, 1.165) is 61.3 Å². The van der Waals surface area contributed by atoms with Gasteiger partial charge in [-0.25, -0.2) is 9.97 Å². The molecule has 2 aliphatic rings. The van der Waals surface area contributed by atoms with Crippen molar-refractivity contribution in [3.63, 3.8) is 0 Å². The van der Waals surface area contributed by atoms with Crippen LogP contribution in [0.15, 0.2) is 24.3 Å². The maximum Gasteiger partial charge on any atom is 0.148 e. The number of fused-ring (bicyclic) bond motifs is 1. The van der Waals surface area contributed by atoms with E-state index in [2.05, 4.69) is 15.2 Å². The number of piperidine rings is 1. The van der Waals surface area contributed by atoms with Crippen LogP contribution >= 0.6 is 0 Å². The van der Waals surface area contributed by atoms with Crippen LogP contribution < -0.4 is 5.32 Å². The van der Waals surface area contributed by atoms with Crippen LogP contribution in [-0.4, -0.2) is 51.3 Å². The molecule has 2 heterocycles. The summed E-state index contributed by atoms with van der Waals surface area (Å²) >= 11 is 0. The van der Waals surface area contributed by atoms with Gasteiger partial charge in [-0.3, -0.25) is 4.90 Å². The van der Waals surface area contributed by atoms with Gasteiger partial charge in [0.1, 0.15) is 5.82 Å². The van der Waals surface area contributed by atoms with Gasteiger partial charge in [-0.05, 0) is 44.7 Å². The highest BCUT2D eigenvalue weighted by molar-refractivity contribution is 5.76. The van der Waals surface area contributed by atoms with Crippen molar-refractivity contribution >= 4 is 16.9 Å². The average molecular weight is 340 g/mol. The number of para-hydroxylation sites is 2. The molecular formula is C20H28N4O. The SMILES string of the molecule is Cc1nc2ccccc2nc1NC1CCN(C2CCCCC2O)CC1. The minimum absolute atomic E-state index is 0.133. The maximum atomic E-state index is 10.3. The van der Waals surface area contributed by atoms with Crippen molar-refractivity contribution in [3.8, 4) is 0 Å². The standard InChI is InChI=1S/C20H28N4O/c1-14-20(23-17-7-3-2-6-16(17)21-14)22-15-10-12-24(13-11-15)18-8-4-5-9-19(18)25/h2-3,6-7,15,18-19,25H,4-5,8-13H2,1H3,(H,22,23). The fraction of sp³-hybridized carbons (Fsp3) is 0.600. The minimum atomic E-state index is -0.133. The molecule has 2 unspecified atom stereocenters. The zero-order valence-corrected chi connectivity index (χ0v) is 15.0. The number of hydrogen-bond acceptors (Lipinski definition) is 5. The Morgan fingerprint density at radius 3 is 2.40 bits per heavy atom. The third-order valence-corrected chi connectivity index (χ3v) is 5.78. The highest BCUT2D eigenvalue weighted by atomic mass is 16.3. The molecule has 2 fully saturated rings. The Hall–Kier alpha value is -1.72. The van der Waals surface area contributed by atoms with Crippen molar-refractivity contribution in [1.29, 1.82) is 0 Å². The van der Waals surface area contributed by atoms with Crippen molar-refractivity contribution in [2.75, 3.05) is 18.4 Å². The van der Waals surface area contributed by atoms with E-state index >= 15 is 0 Å². The number of benzene rings is 1. The molecule has 2 N–H and O–H groups in total. The molecule has 1 aliphatic carbocycles. The van der Waals surface area contributed by atoms with Crippen LogP contribution in [0.3, 0.4) is 0 Å². The van der Waals surface area contributed by atoms with Gasteiger partial charge in [-0.2, -0.15) is 0 Å². The van der Waals surface area contributed by atoms with Crippen molar-refractivity contribution in [2.45, 2.75) is 63.6 Å². The third kappa shape index (κ3) is 3.62. The Morgan fingerprint density at radius 2 is 1.68 bits per heavy atom. The number of hydrogen-bond donors (Lipinski definition) is 2. The fourth-order valence-corrected chi connectivity index (χ4v) is 4.31. The summed E-state index contributed by atoms with van der Waals surface area (Å²) in [5.41, 5.74) is 2.86. The lowest BCUT2D eigenvalue weighted by Crippen LogP contribution is -2.50. The van der Waals surface area contributed by atoms with Gasteiger partial charge in [0.2, 0.25) is 0 Å². The molecule has 0 bridgehead atoms. The van der Waals surface area contributed by atoms with Crippen molar-refractivity contribution in [2.24, 2.45) is 0 Å². The monoisotopic (exact) mass is 340 g/mol. The smallest absolute Gasteiger partial charge is 0.148 e. The molecule has 134 valence electrons. The maximum absolute atomic E-state index is 10.3. The lowest BCUT2D eigenvalue weighted by atomic mass is 9.89. The number of aliphatic hydroxyl groups excluding tert-OH is 1. The van der Waals surface area contributed by atoms with Crippen molar-refractivity contribution in [1.82, 2.24) is 14.9 Å². The highest BCUT2D eigenvalue weighted by Crippen LogP contribution is 2.27. The molecule has 4 rings (SSSR count). The number of rotatable bonds is 3. The predicted octanol–water partition coefficient (Wildman–Crippen LogP) is 3.12. The number of likely N-dealkylation sites (tertiary alicyclic amines) is 1. The Balaban J connectivity index is 1.39. The topological polar surface area (TPSA) is 61.3 Å². The molecule has 1 saturated carbocycles. The molecule has 0 radical (unpaired) electrons. The summed E-state index contributed by atoms with van der Waals surface area (Å²) in [6, 6.07) is 8.83. The first kappa shape index (κ1) is 16.7. The Kier molecular flexibility index (Phi) is 4.86. The van der Waals surface area contributed by atoms with Gasteiger partial charge in [0.05, 0.1) is 22.8 Å². The molecule has 0 amide bonds. The third-order valence-electron chi connectivity index (χ3n) is 5.78. The Labute approximate surface area is 149 Å². The van der Waals surface area contributed by atoms with E-state index in [9.17, 15) is 5.11 Å². The molecule has 1 aliphatic heterocycles. The number of nitrogens with zero attached hydrogens (tertiary/aromatic N) is 3. The Morgan fingerprint density at radius 1 is 1.00 bits per heavy atom. The van der Waals surface area contributed by atoms with E-state index < -0.39 is 0 Å². The van der Waals surface area contributed by atoms with Crippen LogP contribution in [-0.2, 0) is 0 Å². The van der Waals surface area contributed by atoms with E-state index in [1.54, 1.807) is 0 Å². The van der Waals surface area contributed by atoms with E-state index in [1.165, 1.54) is 12.8 Å². The molecule has 1 aromatic carbocycles. The van der Waals surface area contributed by atoms with Gasteiger partial charge >= 0.3 is 0 Å². The van der Waals surface area contributed by atoms with Crippen LogP contribution in [0.5, 0.6) is 0 Å².